The van der Waals surface area contributed by atoms with Gasteiger partial charge >= 0.3 is 0 Å². The van der Waals surface area contributed by atoms with Gasteiger partial charge in [0.2, 0.25) is 0 Å². The van der Waals surface area contributed by atoms with Crippen molar-refractivity contribution >= 4 is 0 Å². The van der Waals surface area contributed by atoms with Crippen LogP contribution in [0, 0.1) is 11.3 Å². The highest BCUT2D eigenvalue weighted by Gasteiger charge is 2.30. The smallest absolute Gasteiger partial charge is 0.0802 e. The second-order valence-corrected chi connectivity index (χ2v) is 5.12. The predicted molar refractivity (Wildman–Crippen MR) is 48.8 cm³/mol. The van der Waals surface area contributed by atoms with Crippen LogP contribution >= 0.6 is 0 Å². The SMILES string of the molecule is C[NH+]1CCCC(C(C)(C)C)C1. The van der Waals surface area contributed by atoms with E-state index < -0.39 is 0 Å². The molecule has 1 N–H and O–H groups in total. The molecule has 2 unspecified atom stereocenters. The highest BCUT2D eigenvalue weighted by molar-refractivity contribution is 4.74. The molecule has 11 heavy (non-hydrogen) atoms. The molecule has 1 rings (SSSR count). The molecule has 1 fully saturated rings. The summed E-state index contributed by atoms with van der Waals surface area (Å²) in [5.41, 5.74) is 0.529. The van der Waals surface area contributed by atoms with Crippen LogP contribution < -0.4 is 4.90 Å². The Kier molecular flexibility index (Phi) is 2.58. The van der Waals surface area contributed by atoms with E-state index in [1.807, 2.05) is 0 Å². The van der Waals surface area contributed by atoms with Gasteiger partial charge in [-0.05, 0) is 18.3 Å². The Balaban J connectivity index is 2.46. The molecule has 1 saturated heterocycles. The number of likely N-dealkylation sites (tertiary alicyclic amines) is 1. The van der Waals surface area contributed by atoms with Crippen LogP contribution in [0.4, 0.5) is 0 Å². The fourth-order valence-corrected chi connectivity index (χ4v) is 2.01. The van der Waals surface area contributed by atoms with Crippen LogP contribution in [-0.4, -0.2) is 20.1 Å². The van der Waals surface area contributed by atoms with Crippen molar-refractivity contribution in [2.24, 2.45) is 11.3 Å². The summed E-state index contributed by atoms with van der Waals surface area (Å²) in [6, 6.07) is 0. The van der Waals surface area contributed by atoms with E-state index in [0.29, 0.717) is 5.41 Å². The van der Waals surface area contributed by atoms with E-state index >= 15 is 0 Å². The van der Waals surface area contributed by atoms with Crippen LogP contribution in [-0.2, 0) is 0 Å². The van der Waals surface area contributed by atoms with Gasteiger partial charge in [0, 0.05) is 5.92 Å². The maximum absolute atomic E-state index is 2.37. The number of rotatable bonds is 0. The van der Waals surface area contributed by atoms with Gasteiger partial charge in [0.15, 0.2) is 0 Å². The van der Waals surface area contributed by atoms with Crippen molar-refractivity contribution < 1.29 is 4.90 Å². The number of hydrogen-bond donors (Lipinski definition) is 1. The molecule has 0 aromatic carbocycles. The van der Waals surface area contributed by atoms with Crippen molar-refractivity contribution in [3.63, 3.8) is 0 Å². The summed E-state index contributed by atoms with van der Waals surface area (Å²) in [6.45, 7) is 9.87. The fraction of sp³-hybridized carbons (Fsp3) is 1.00. The molecule has 1 nitrogen and oxygen atoms in total. The second kappa shape index (κ2) is 3.14. The largest absolute Gasteiger partial charge is 0.337 e. The standard InChI is InChI=1S/C10H21N/c1-10(2,3)9-6-5-7-11(4)8-9/h9H,5-8H2,1-4H3/p+1. The minimum absolute atomic E-state index is 0.529. The Bertz CT molecular complexity index is 123. The zero-order chi connectivity index (χ0) is 8.48. The Morgan fingerprint density at radius 2 is 1.91 bits per heavy atom. The lowest BCUT2D eigenvalue weighted by Gasteiger charge is -2.35. The van der Waals surface area contributed by atoms with Gasteiger partial charge in [-0.15, -0.1) is 0 Å². The molecule has 0 spiro atoms. The first-order valence-corrected chi connectivity index (χ1v) is 4.81. The van der Waals surface area contributed by atoms with E-state index in [0.717, 1.165) is 5.92 Å². The Morgan fingerprint density at radius 3 is 2.27 bits per heavy atom. The zero-order valence-electron chi connectivity index (χ0n) is 8.41. The molecule has 2 atom stereocenters. The van der Waals surface area contributed by atoms with Crippen LogP contribution in [0.5, 0.6) is 0 Å². The maximum atomic E-state index is 2.37. The maximum Gasteiger partial charge on any atom is 0.0802 e. The van der Waals surface area contributed by atoms with Crippen molar-refractivity contribution in [2.75, 3.05) is 20.1 Å². The fourth-order valence-electron chi connectivity index (χ4n) is 2.01. The molecule has 1 heterocycles. The van der Waals surface area contributed by atoms with Crippen LogP contribution in [0.15, 0.2) is 0 Å². The average molecular weight is 156 g/mol. The summed E-state index contributed by atoms with van der Waals surface area (Å²) in [6.07, 6.45) is 2.87. The molecular formula is C10H22N+. The molecule has 0 amide bonds. The van der Waals surface area contributed by atoms with E-state index in [2.05, 4.69) is 27.8 Å². The normalized spacial score (nSPS) is 33.8. The van der Waals surface area contributed by atoms with Crippen molar-refractivity contribution in [3.8, 4) is 0 Å². The first-order chi connectivity index (χ1) is 5.00. The van der Waals surface area contributed by atoms with Gasteiger partial charge < -0.3 is 4.90 Å². The summed E-state index contributed by atoms with van der Waals surface area (Å²) in [5, 5.41) is 0. The van der Waals surface area contributed by atoms with E-state index in [1.54, 1.807) is 4.90 Å². The highest BCUT2D eigenvalue weighted by atomic mass is 15.1. The van der Waals surface area contributed by atoms with Crippen LogP contribution in [0.2, 0.25) is 0 Å². The van der Waals surface area contributed by atoms with Crippen molar-refractivity contribution in [2.45, 2.75) is 33.6 Å². The molecular weight excluding hydrogens is 134 g/mol. The first kappa shape index (κ1) is 9.05. The summed E-state index contributed by atoms with van der Waals surface area (Å²) in [7, 11) is 2.32. The van der Waals surface area contributed by atoms with Gasteiger partial charge in [-0.2, -0.15) is 0 Å². The Morgan fingerprint density at radius 1 is 1.27 bits per heavy atom. The van der Waals surface area contributed by atoms with Gasteiger partial charge in [-0.1, -0.05) is 20.8 Å². The molecule has 66 valence electrons. The zero-order valence-corrected chi connectivity index (χ0v) is 8.41. The van der Waals surface area contributed by atoms with Gasteiger partial charge in [0.05, 0.1) is 20.1 Å². The monoisotopic (exact) mass is 156 g/mol. The first-order valence-electron chi connectivity index (χ1n) is 4.81. The molecule has 0 aromatic heterocycles. The van der Waals surface area contributed by atoms with Crippen molar-refractivity contribution in [1.29, 1.82) is 0 Å². The summed E-state index contributed by atoms with van der Waals surface area (Å²) >= 11 is 0. The molecule has 0 saturated carbocycles. The minimum atomic E-state index is 0.529. The topological polar surface area (TPSA) is 4.44 Å². The quantitative estimate of drug-likeness (QED) is 0.533. The molecule has 0 aliphatic carbocycles. The third kappa shape index (κ3) is 2.48. The van der Waals surface area contributed by atoms with Crippen molar-refractivity contribution in [1.82, 2.24) is 0 Å². The van der Waals surface area contributed by atoms with E-state index in [1.165, 1.54) is 25.9 Å². The Hall–Kier alpha value is -0.0400. The third-order valence-corrected chi connectivity index (χ3v) is 2.98. The molecule has 1 aliphatic heterocycles. The van der Waals surface area contributed by atoms with Gasteiger partial charge in [-0.3, -0.25) is 0 Å². The number of hydrogen-bond acceptors (Lipinski definition) is 0. The second-order valence-electron chi connectivity index (χ2n) is 5.12. The van der Waals surface area contributed by atoms with Crippen LogP contribution in [0.25, 0.3) is 0 Å². The lowest BCUT2D eigenvalue weighted by atomic mass is 9.76. The van der Waals surface area contributed by atoms with Crippen LogP contribution in [0.3, 0.4) is 0 Å². The van der Waals surface area contributed by atoms with Gasteiger partial charge in [0.1, 0.15) is 0 Å². The predicted octanol–water partition coefficient (Wildman–Crippen LogP) is 0.957. The summed E-state index contributed by atoms with van der Waals surface area (Å²) < 4.78 is 0. The lowest BCUT2D eigenvalue weighted by Crippen LogP contribution is -3.10. The Labute approximate surface area is 70.8 Å². The molecule has 1 aliphatic rings. The van der Waals surface area contributed by atoms with Gasteiger partial charge in [-0.25, -0.2) is 0 Å². The lowest BCUT2D eigenvalue weighted by molar-refractivity contribution is -0.889. The van der Waals surface area contributed by atoms with Crippen LogP contribution in [0.1, 0.15) is 33.6 Å². The summed E-state index contributed by atoms with van der Waals surface area (Å²) in [5.74, 6) is 0.941. The summed E-state index contributed by atoms with van der Waals surface area (Å²) in [4.78, 5) is 1.72. The third-order valence-electron chi connectivity index (χ3n) is 2.98. The minimum Gasteiger partial charge on any atom is -0.337 e. The molecule has 0 aromatic rings. The molecule has 0 bridgehead atoms. The average Bonchev–Trinajstić information content (AvgIpc) is 1.86. The van der Waals surface area contributed by atoms with E-state index in [4.69, 9.17) is 0 Å². The number of quaternary nitrogens is 1. The van der Waals surface area contributed by atoms with E-state index in [9.17, 15) is 0 Å². The van der Waals surface area contributed by atoms with E-state index in [-0.39, 0.29) is 0 Å². The number of piperidine rings is 1. The van der Waals surface area contributed by atoms with Crippen molar-refractivity contribution in [3.05, 3.63) is 0 Å². The molecule has 1 heteroatoms. The number of nitrogens with one attached hydrogen (secondary N) is 1. The van der Waals surface area contributed by atoms with Gasteiger partial charge in [0.25, 0.3) is 0 Å². The molecule has 0 radical (unpaired) electrons. The highest BCUT2D eigenvalue weighted by Crippen LogP contribution is 2.29.